The van der Waals surface area contributed by atoms with Crippen LogP contribution >= 0.6 is 0 Å². The van der Waals surface area contributed by atoms with Crippen molar-refractivity contribution < 1.29 is 19.7 Å². The molecule has 2 atom stereocenters. The van der Waals surface area contributed by atoms with Crippen LogP contribution in [0.5, 0.6) is 11.5 Å². The Morgan fingerprint density at radius 1 is 0.808 bits per heavy atom. The molecule has 0 amide bonds. The number of ether oxygens (including phenoxy) is 2. The van der Waals surface area contributed by atoms with E-state index in [2.05, 4.69) is 26.0 Å². The van der Waals surface area contributed by atoms with E-state index in [0.717, 1.165) is 35.5 Å². The topological polar surface area (TPSA) is 58.9 Å². The Labute approximate surface area is 156 Å². The highest BCUT2D eigenvalue weighted by atomic mass is 16.5. The second kappa shape index (κ2) is 10.2. The summed E-state index contributed by atoms with van der Waals surface area (Å²) in [5.74, 6) is 1.97. The Kier molecular flexibility index (Phi) is 7.95. The van der Waals surface area contributed by atoms with E-state index in [1.165, 1.54) is 0 Å². The summed E-state index contributed by atoms with van der Waals surface area (Å²) < 4.78 is 11.3. The van der Waals surface area contributed by atoms with Crippen LogP contribution in [-0.2, 0) is 6.42 Å². The van der Waals surface area contributed by atoms with Crippen LogP contribution in [0.1, 0.15) is 38.3 Å². The summed E-state index contributed by atoms with van der Waals surface area (Å²) in [7, 11) is 0. The van der Waals surface area contributed by atoms with Crippen LogP contribution in [0.4, 0.5) is 0 Å². The molecule has 0 aliphatic heterocycles. The third kappa shape index (κ3) is 7.46. The quantitative estimate of drug-likeness (QED) is 0.678. The Bertz CT molecular complexity index is 667. The zero-order valence-corrected chi connectivity index (χ0v) is 15.9. The van der Waals surface area contributed by atoms with E-state index in [4.69, 9.17) is 9.47 Å². The van der Waals surface area contributed by atoms with Crippen molar-refractivity contribution in [2.45, 2.75) is 45.8 Å². The zero-order chi connectivity index (χ0) is 18.9. The summed E-state index contributed by atoms with van der Waals surface area (Å²) in [6.45, 7) is 6.47. The lowest BCUT2D eigenvalue weighted by Gasteiger charge is -2.15. The number of rotatable bonds is 10. The summed E-state index contributed by atoms with van der Waals surface area (Å²) in [5.41, 5.74) is 2.26. The molecule has 0 spiro atoms. The number of hydrogen-bond acceptors (Lipinski definition) is 4. The molecule has 2 aromatic rings. The summed E-state index contributed by atoms with van der Waals surface area (Å²) in [4.78, 5) is 0. The standard InChI is InChI=1S/C22H30O4/c1-16(2)10-20(24)15-26-22-9-5-7-19(13-22)11-18-6-4-8-21(12-18)25-14-17(3)23/h4-9,12-13,16-17,20,23-24H,10-11,14-15H2,1-3H3. The lowest BCUT2D eigenvalue weighted by atomic mass is 10.0. The molecule has 0 aromatic heterocycles. The first-order chi connectivity index (χ1) is 12.4. The molecule has 2 N–H and O–H groups in total. The van der Waals surface area contributed by atoms with Crippen molar-refractivity contribution >= 4 is 0 Å². The Hall–Kier alpha value is -2.04. The molecule has 2 unspecified atom stereocenters. The monoisotopic (exact) mass is 358 g/mol. The fourth-order valence-corrected chi connectivity index (χ4v) is 2.75. The van der Waals surface area contributed by atoms with Gasteiger partial charge in [-0.15, -0.1) is 0 Å². The summed E-state index contributed by atoms with van der Waals surface area (Å²) in [6, 6.07) is 15.8. The van der Waals surface area contributed by atoms with Gasteiger partial charge in [0.1, 0.15) is 24.7 Å². The Balaban J connectivity index is 1.94. The molecule has 4 nitrogen and oxygen atoms in total. The van der Waals surface area contributed by atoms with Crippen molar-refractivity contribution in [1.29, 1.82) is 0 Å². The number of aliphatic hydroxyl groups is 2. The van der Waals surface area contributed by atoms with Gasteiger partial charge in [0.25, 0.3) is 0 Å². The highest BCUT2D eigenvalue weighted by Crippen LogP contribution is 2.20. The van der Waals surface area contributed by atoms with E-state index in [-0.39, 0.29) is 6.61 Å². The van der Waals surface area contributed by atoms with Crippen LogP contribution in [-0.4, -0.2) is 35.6 Å². The fraction of sp³-hybridized carbons (Fsp3) is 0.455. The van der Waals surface area contributed by atoms with Crippen molar-refractivity contribution in [3.8, 4) is 11.5 Å². The second-order valence-electron chi connectivity index (χ2n) is 7.23. The maximum Gasteiger partial charge on any atom is 0.119 e. The van der Waals surface area contributed by atoms with Crippen molar-refractivity contribution in [2.24, 2.45) is 5.92 Å². The summed E-state index contributed by atoms with van der Waals surface area (Å²) in [5, 5.41) is 19.3. The Morgan fingerprint density at radius 3 is 1.85 bits per heavy atom. The molecule has 2 aromatic carbocycles. The van der Waals surface area contributed by atoms with Gasteiger partial charge in [-0.25, -0.2) is 0 Å². The van der Waals surface area contributed by atoms with E-state index < -0.39 is 12.2 Å². The van der Waals surface area contributed by atoms with E-state index in [1.54, 1.807) is 6.92 Å². The minimum absolute atomic E-state index is 0.283. The van der Waals surface area contributed by atoms with E-state index in [0.29, 0.717) is 12.5 Å². The molecule has 0 saturated heterocycles. The van der Waals surface area contributed by atoms with Gasteiger partial charge in [0.15, 0.2) is 0 Å². The largest absolute Gasteiger partial charge is 0.491 e. The first kappa shape index (κ1) is 20.3. The average Bonchev–Trinajstić information content (AvgIpc) is 2.58. The zero-order valence-electron chi connectivity index (χ0n) is 15.9. The molecule has 26 heavy (non-hydrogen) atoms. The molecule has 2 rings (SSSR count). The summed E-state index contributed by atoms with van der Waals surface area (Å²) in [6.07, 6.45) is 0.566. The molecular formula is C22H30O4. The smallest absolute Gasteiger partial charge is 0.119 e. The molecule has 0 heterocycles. The first-order valence-corrected chi connectivity index (χ1v) is 9.22. The third-order valence-corrected chi connectivity index (χ3v) is 3.88. The molecule has 0 radical (unpaired) electrons. The van der Waals surface area contributed by atoms with Gasteiger partial charge in [-0.1, -0.05) is 38.1 Å². The SMILES string of the molecule is CC(C)CC(O)COc1cccc(Cc2cccc(OCC(C)O)c2)c1. The van der Waals surface area contributed by atoms with Crippen LogP contribution in [0.15, 0.2) is 48.5 Å². The van der Waals surface area contributed by atoms with Crippen LogP contribution in [0, 0.1) is 5.92 Å². The molecule has 0 aliphatic rings. The van der Waals surface area contributed by atoms with E-state index >= 15 is 0 Å². The maximum absolute atomic E-state index is 9.95. The van der Waals surface area contributed by atoms with Crippen molar-refractivity contribution in [1.82, 2.24) is 0 Å². The normalized spacial score (nSPS) is 13.5. The minimum atomic E-state index is -0.487. The lowest BCUT2D eigenvalue weighted by molar-refractivity contribution is 0.0892. The maximum atomic E-state index is 9.95. The Morgan fingerprint density at radius 2 is 1.35 bits per heavy atom. The highest BCUT2D eigenvalue weighted by Gasteiger charge is 2.08. The molecular weight excluding hydrogens is 328 g/mol. The van der Waals surface area contributed by atoms with Crippen LogP contribution in [0.25, 0.3) is 0 Å². The summed E-state index contributed by atoms with van der Waals surface area (Å²) >= 11 is 0. The van der Waals surface area contributed by atoms with Gasteiger partial charge in [-0.2, -0.15) is 0 Å². The van der Waals surface area contributed by atoms with Gasteiger partial charge in [0, 0.05) is 0 Å². The number of hydrogen-bond donors (Lipinski definition) is 2. The van der Waals surface area contributed by atoms with Crippen LogP contribution in [0.2, 0.25) is 0 Å². The highest BCUT2D eigenvalue weighted by molar-refractivity contribution is 5.35. The molecule has 0 fully saturated rings. The lowest BCUT2D eigenvalue weighted by Crippen LogP contribution is -2.19. The predicted octanol–water partition coefficient (Wildman–Crippen LogP) is 3.82. The fourth-order valence-electron chi connectivity index (χ4n) is 2.75. The first-order valence-electron chi connectivity index (χ1n) is 9.22. The average molecular weight is 358 g/mol. The van der Waals surface area contributed by atoms with Gasteiger partial charge >= 0.3 is 0 Å². The van der Waals surface area contributed by atoms with Crippen molar-refractivity contribution in [2.75, 3.05) is 13.2 Å². The van der Waals surface area contributed by atoms with Gasteiger partial charge < -0.3 is 19.7 Å². The molecule has 142 valence electrons. The molecule has 0 saturated carbocycles. The van der Waals surface area contributed by atoms with Gasteiger partial charge in [0.2, 0.25) is 0 Å². The van der Waals surface area contributed by atoms with Crippen molar-refractivity contribution in [3.63, 3.8) is 0 Å². The van der Waals surface area contributed by atoms with Gasteiger partial charge in [0.05, 0.1) is 12.2 Å². The number of aliphatic hydroxyl groups excluding tert-OH is 2. The molecule has 0 bridgehead atoms. The predicted molar refractivity (Wildman–Crippen MR) is 104 cm³/mol. The van der Waals surface area contributed by atoms with Crippen LogP contribution < -0.4 is 9.47 Å². The van der Waals surface area contributed by atoms with Gasteiger partial charge in [-0.05, 0) is 61.1 Å². The minimum Gasteiger partial charge on any atom is -0.491 e. The number of benzene rings is 2. The van der Waals surface area contributed by atoms with Crippen molar-refractivity contribution in [3.05, 3.63) is 59.7 Å². The molecule has 0 aliphatic carbocycles. The van der Waals surface area contributed by atoms with E-state index in [1.807, 2.05) is 36.4 Å². The molecule has 4 heteroatoms. The van der Waals surface area contributed by atoms with Gasteiger partial charge in [-0.3, -0.25) is 0 Å². The second-order valence-corrected chi connectivity index (χ2v) is 7.23. The van der Waals surface area contributed by atoms with E-state index in [9.17, 15) is 10.2 Å². The third-order valence-electron chi connectivity index (χ3n) is 3.88. The van der Waals surface area contributed by atoms with Crippen LogP contribution in [0.3, 0.4) is 0 Å².